The Balaban J connectivity index is 1.53. The highest BCUT2D eigenvalue weighted by Crippen LogP contribution is 2.38. The molecule has 1 aromatic carbocycles. The van der Waals surface area contributed by atoms with Gasteiger partial charge in [0.2, 0.25) is 0 Å². The minimum Gasteiger partial charge on any atom is -0.486 e. The quantitative estimate of drug-likeness (QED) is 0.787. The Kier molecular flexibility index (Phi) is 3.70. The highest BCUT2D eigenvalue weighted by Gasteiger charge is 2.19. The number of carbonyl (C=O) groups excluding carboxylic acids is 1. The third-order valence-electron chi connectivity index (χ3n) is 3.65. The number of fused-ring (bicyclic) bond motifs is 2. The van der Waals surface area contributed by atoms with Gasteiger partial charge in [0.05, 0.1) is 11.6 Å². The second-order valence-corrected chi connectivity index (χ2v) is 5.62. The first-order valence-corrected chi connectivity index (χ1v) is 7.76. The number of halogens is 1. The molecule has 0 unspecified atom stereocenters. The number of carbonyl (C=O) groups is 1. The van der Waals surface area contributed by atoms with Gasteiger partial charge in [0.1, 0.15) is 13.2 Å². The molecule has 1 amide bonds. The van der Waals surface area contributed by atoms with Crippen molar-refractivity contribution in [2.75, 3.05) is 13.2 Å². The summed E-state index contributed by atoms with van der Waals surface area (Å²) >= 11 is 6.16. The molecule has 24 heavy (non-hydrogen) atoms. The fraction of sp³-hybridized carbons (Fsp3) is 0.188. The Morgan fingerprint density at radius 3 is 3.04 bits per heavy atom. The molecule has 0 spiro atoms. The van der Waals surface area contributed by atoms with E-state index in [0.29, 0.717) is 41.1 Å². The fourth-order valence-corrected chi connectivity index (χ4v) is 2.78. The zero-order valence-corrected chi connectivity index (χ0v) is 13.3. The van der Waals surface area contributed by atoms with Crippen molar-refractivity contribution >= 4 is 23.2 Å². The average Bonchev–Trinajstić information content (AvgIpc) is 3.03. The van der Waals surface area contributed by atoms with Crippen LogP contribution in [0.2, 0.25) is 5.02 Å². The molecule has 2 aromatic heterocycles. The molecule has 1 aliphatic rings. The zero-order chi connectivity index (χ0) is 16.5. The van der Waals surface area contributed by atoms with E-state index in [1.165, 1.54) is 0 Å². The molecule has 3 heterocycles. The smallest absolute Gasteiger partial charge is 0.251 e. The van der Waals surface area contributed by atoms with Crippen molar-refractivity contribution in [1.29, 1.82) is 0 Å². The Labute approximate surface area is 142 Å². The third-order valence-corrected chi connectivity index (χ3v) is 3.93. The lowest BCUT2D eigenvalue weighted by Crippen LogP contribution is -2.24. The number of nitrogens with zero attached hydrogens (tertiary/aromatic N) is 3. The van der Waals surface area contributed by atoms with Gasteiger partial charge in [-0.2, -0.15) is 0 Å². The van der Waals surface area contributed by atoms with Crippen LogP contribution in [0.4, 0.5) is 0 Å². The molecular weight excluding hydrogens is 332 g/mol. The Morgan fingerprint density at radius 2 is 2.12 bits per heavy atom. The summed E-state index contributed by atoms with van der Waals surface area (Å²) < 4.78 is 12.7. The number of amides is 1. The standard InChI is InChI=1S/C16H13ClN4O3/c17-11-7-10(8-12-15(11)24-6-5-23-12)16(22)18-9-14-20-19-13-3-1-2-4-21(13)14/h1-4,7-8H,5-6,9H2,(H,18,22). The van der Waals surface area contributed by atoms with Crippen molar-refractivity contribution < 1.29 is 14.3 Å². The molecule has 0 bridgehead atoms. The number of benzene rings is 1. The van der Waals surface area contributed by atoms with Crippen LogP contribution in [0.5, 0.6) is 11.5 Å². The van der Waals surface area contributed by atoms with Crippen LogP contribution in [0, 0.1) is 0 Å². The van der Waals surface area contributed by atoms with Gasteiger partial charge in [-0.1, -0.05) is 17.7 Å². The number of aromatic nitrogens is 3. The van der Waals surface area contributed by atoms with Crippen LogP contribution < -0.4 is 14.8 Å². The van der Waals surface area contributed by atoms with Gasteiger partial charge in [-0.05, 0) is 24.3 Å². The summed E-state index contributed by atoms with van der Waals surface area (Å²) in [5.41, 5.74) is 1.13. The number of pyridine rings is 1. The summed E-state index contributed by atoms with van der Waals surface area (Å²) in [7, 11) is 0. The predicted molar refractivity (Wildman–Crippen MR) is 86.6 cm³/mol. The molecule has 1 aliphatic heterocycles. The number of rotatable bonds is 3. The van der Waals surface area contributed by atoms with Crippen LogP contribution >= 0.6 is 11.6 Å². The van der Waals surface area contributed by atoms with E-state index in [1.807, 2.05) is 28.8 Å². The molecule has 0 aliphatic carbocycles. The molecule has 7 nitrogen and oxygen atoms in total. The lowest BCUT2D eigenvalue weighted by Gasteiger charge is -2.20. The first-order valence-electron chi connectivity index (χ1n) is 7.38. The molecule has 3 aromatic rings. The Morgan fingerprint density at radius 1 is 1.25 bits per heavy atom. The molecule has 4 rings (SSSR count). The molecule has 0 saturated carbocycles. The SMILES string of the molecule is O=C(NCc1nnc2ccccn12)c1cc(Cl)c2c(c1)OCCO2. The monoisotopic (exact) mass is 344 g/mol. The average molecular weight is 345 g/mol. The maximum Gasteiger partial charge on any atom is 0.251 e. The van der Waals surface area contributed by atoms with Crippen molar-refractivity contribution in [3.8, 4) is 11.5 Å². The fourth-order valence-electron chi connectivity index (χ4n) is 2.51. The highest BCUT2D eigenvalue weighted by molar-refractivity contribution is 6.32. The van der Waals surface area contributed by atoms with Crippen molar-refractivity contribution in [2.24, 2.45) is 0 Å². The van der Waals surface area contributed by atoms with Crippen molar-refractivity contribution in [3.05, 3.63) is 52.9 Å². The van der Waals surface area contributed by atoms with Crippen LogP contribution in [-0.2, 0) is 6.54 Å². The first kappa shape index (κ1) is 14.8. The largest absolute Gasteiger partial charge is 0.486 e. The second kappa shape index (κ2) is 6.01. The van der Waals surface area contributed by atoms with Crippen LogP contribution in [0.25, 0.3) is 5.65 Å². The minimum absolute atomic E-state index is 0.246. The predicted octanol–water partition coefficient (Wildman–Crippen LogP) is 2.08. The highest BCUT2D eigenvalue weighted by atomic mass is 35.5. The van der Waals surface area contributed by atoms with E-state index in [0.717, 1.165) is 5.65 Å². The van der Waals surface area contributed by atoms with Gasteiger partial charge >= 0.3 is 0 Å². The van der Waals surface area contributed by atoms with Crippen LogP contribution in [-0.4, -0.2) is 33.7 Å². The zero-order valence-electron chi connectivity index (χ0n) is 12.5. The number of hydrogen-bond donors (Lipinski definition) is 1. The summed E-state index contributed by atoms with van der Waals surface area (Å²) in [6.45, 7) is 1.12. The number of hydrogen-bond acceptors (Lipinski definition) is 5. The summed E-state index contributed by atoms with van der Waals surface area (Å²) in [5.74, 6) is 1.32. The van der Waals surface area contributed by atoms with Crippen LogP contribution in [0.1, 0.15) is 16.2 Å². The van der Waals surface area contributed by atoms with E-state index in [4.69, 9.17) is 21.1 Å². The van der Waals surface area contributed by atoms with Crippen molar-refractivity contribution in [3.63, 3.8) is 0 Å². The maximum atomic E-state index is 12.4. The van der Waals surface area contributed by atoms with Gasteiger partial charge in [0, 0.05) is 11.8 Å². The van der Waals surface area contributed by atoms with E-state index in [2.05, 4.69) is 15.5 Å². The maximum absolute atomic E-state index is 12.4. The molecular formula is C16H13ClN4O3. The second-order valence-electron chi connectivity index (χ2n) is 5.21. The van der Waals surface area contributed by atoms with E-state index in [-0.39, 0.29) is 12.5 Å². The number of nitrogens with one attached hydrogen (secondary N) is 1. The first-order chi connectivity index (χ1) is 11.7. The molecule has 0 radical (unpaired) electrons. The molecule has 1 N–H and O–H groups in total. The summed E-state index contributed by atoms with van der Waals surface area (Å²) in [5, 5.41) is 11.3. The van der Waals surface area contributed by atoms with Crippen molar-refractivity contribution in [1.82, 2.24) is 19.9 Å². The molecule has 122 valence electrons. The molecule has 8 heteroatoms. The Hall–Kier alpha value is -2.80. The topological polar surface area (TPSA) is 77.8 Å². The van der Waals surface area contributed by atoms with Gasteiger partial charge in [-0.25, -0.2) is 0 Å². The summed E-state index contributed by atoms with van der Waals surface area (Å²) in [4.78, 5) is 12.4. The van der Waals surface area contributed by atoms with E-state index >= 15 is 0 Å². The van der Waals surface area contributed by atoms with Gasteiger partial charge < -0.3 is 14.8 Å². The number of ether oxygens (including phenoxy) is 2. The normalized spacial score (nSPS) is 13.0. The Bertz CT molecular complexity index is 925. The van der Waals surface area contributed by atoms with Crippen LogP contribution in [0.15, 0.2) is 36.5 Å². The van der Waals surface area contributed by atoms with E-state index in [9.17, 15) is 4.79 Å². The lowest BCUT2D eigenvalue weighted by molar-refractivity contribution is 0.0948. The minimum atomic E-state index is -0.276. The van der Waals surface area contributed by atoms with Gasteiger partial charge in [0.25, 0.3) is 5.91 Å². The lowest BCUT2D eigenvalue weighted by atomic mass is 10.1. The van der Waals surface area contributed by atoms with E-state index < -0.39 is 0 Å². The molecule has 0 atom stereocenters. The van der Waals surface area contributed by atoms with E-state index in [1.54, 1.807) is 12.1 Å². The van der Waals surface area contributed by atoms with Crippen LogP contribution in [0.3, 0.4) is 0 Å². The molecule has 0 fully saturated rings. The summed E-state index contributed by atoms with van der Waals surface area (Å²) in [6.07, 6.45) is 1.85. The van der Waals surface area contributed by atoms with Gasteiger partial charge in [-0.3, -0.25) is 9.20 Å². The van der Waals surface area contributed by atoms with Crippen molar-refractivity contribution in [2.45, 2.75) is 6.54 Å². The van der Waals surface area contributed by atoms with Gasteiger partial charge in [-0.15, -0.1) is 10.2 Å². The van der Waals surface area contributed by atoms with Gasteiger partial charge in [0.15, 0.2) is 23.0 Å². The molecule has 0 saturated heterocycles. The summed E-state index contributed by atoms with van der Waals surface area (Å²) in [6, 6.07) is 8.79. The third kappa shape index (κ3) is 2.63.